The van der Waals surface area contributed by atoms with E-state index in [9.17, 15) is 19.2 Å². The molecule has 0 saturated carbocycles. The van der Waals surface area contributed by atoms with Crippen LogP contribution in [0, 0.1) is 5.41 Å². The number of carboxylic acid groups (broad SMARTS) is 2. The van der Waals surface area contributed by atoms with Crippen molar-refractivity contribution in [3.8, 4) is 5.75 Å². The predicted octanol–water partition coefficient (Wildman–Crippen LogP) is 2.68. The summed E-state index contributed by atoms with van der Waals surface area (Å²) in [5, 5.41) is 26.4. The van der Waals surface area contributed by atoms with Crippen LogP contribution in [-0.2, 0) is 23.9 Å². The highest BCUT2D eigenvalue weighted by Gasteiger charge is 2.26. The molecular formula is C24H41Cl2N3O9. The van der Waals surface area contributed by atoms with Crippen LogP contribution in [-0.4, -0.2) is 77.0 Å². The van der Waals surface area contributed by atoms with Gasteiger partial charge in [-0.05, 0) is 45.2 Å². The summed E-state index contributed by atoms with van der Waals surface area (Å²) in [6.45, 7) is 12.6. The molecule has 12 nitrogen and oxygen atoms in total. The topological polar surface area (TPSA) is 225 Å². The number of esters is 1. The molecule has 0 amide bonds. The molecule has 0 unspecified atom stereocenters. The predicted molar refractivity (Wildman–Crippen MR) is 146 cm³/mol. The Balaban J connectivity index is -0.000000442. The Hall–Kier alpha value is -2.48. The standard InChI is InChI=1S/C8H17NO3.C7H4Cl2O2.C6H13NO2.C3H7NO2/c1-5(6(9)7(10)11)12-8(2,3)4;8-5-1-4(3-10)7(11)6(9)2-5;1-6(2,3)4(7)5(8)9;1-6-3(5)2-4/h5-6H,9H2,1-4H3,(H,10,11);1-3,11H;4H,7H2,1-3H3,(H,8,9);2,4H2,1H3/t5-,6+;;4-;/m1.1./s1. The lowest BCUT2D eigenvalue weighted by molar-refractivity contribution is -0.145. The normalized spacial score (nSPS) is 13.0. The number of ether oxygens (including phenoxy) is 2. The fourth-order valence-electron chi connectivity index (χ4n) is 1.96. The van der Waals surface area contributed by atoms with Gasteiger partial charge in [0.1, 0.15) is 17.8 Å². The summed E-state index contributed by atoms with van der Waals surface area (Å²) in [6.07, 6.45) is 0.0232. The maximum atomic E-state index is 10.4. The Labute approximate surface area is 233 Å². The van der Waals surface area contributed by atoms with Crippen molar-refractivity contribution in [1.82, 2.24) is 0 Å². The zero-order chi connectivity index (χ0) is 31.0. The van der Waals surface area contributed by atoms with E-state index >= 15 is 0 Å². The highest BCUT2D eigenvalue weighted by molar-refractivity contribution is 6.36. The van der Waals surface area contributed by atoms with E-state index in [1.807, 2.05) is 20.8 Å². The summed E-state index contributed by atoms with van der Waals surface area (Å²) in [5.74, 6) is -2.59. The lowest BCUT2D eigenvalue weighted by Gasteiger charge is -2.26. The summed E-state index contributed by atoms with van der Waals surface area (Å²) in [6, 6.07) is 0.989. The van der Waals surface area contributed by atoms with Gasteiger partial charge in [0, 0.05) is 5.02 Å². The summed E-state index contributed by atoms with van der Waals surface area (Å²) < 4.78 is 9.49. The van der Waals surface area contributed by atoms with Gasteiger partial charge in [-0.15, -0.1) is 0 Å². The minimum Gasteiger partial charge on any atom is -0.506 e. The van der Waals surface area contributed by atoms with Crippen LogP contribution in [0.2, 0.25) is 10.0 Å². The Morgan fingerprint density at radius 2 is 1.50 bits per heavy atom. The van der Waals surface area contributed by atoms with E-state index in [4.69, 9.17) is 60.5 Å². The first-order valence-corrected chi connectivity index (χ1v) is 11.9. The van der Waals surface area contributed by atoms with Crippen LogP contribution in [0.15, 0.2) is 12.1 Å². The van der Waals surface area contributed by atoms with E-state index in [0.717, 1.165) is 0 Å². The van der Waals surface area contributed by atoms with E-state index in [2.05, 4.69) is 4.74 Å². The number of nitrogens with two attached hydrogens (primary N) is 3. The third kappa shape index (κ3) is 19.6. The average molecular weight is 587 g/mol. The second-order valence-corrected chi connectivity index (χ2v) is 10.5. The van der Waals surface area contributed by atoms with Crippen molar-refractivity contribution >= 4 is 47.4 Å². The molecule has 0 aliphatic carbocycles. The number of benzene rings is 1. The maximum absolute atomic E-state index is 10.4. The summed E-state index contributed by atoms with van der Waals surface area (Å²) in [7, 11) is 1.30. The van der Waals surface area contributed by atoms with Gasteiger partial charge in [-0.3, -0.25) is 19.2 Å². The van der Waals surface area contributed by atoms with Crippen LogP contribution in [0.3, 0.4) is 0 Å². The molecule has 0 fully saturated rings. The molecular weight excluding hydrogens is 545 g/mol. The van der Waals surface area contributed by atoms with Crippen molar-refractivity contribution in [2.24, 2.45) is 22.6 Å². The van der Waals surface area contributed by atoms with Crippen molar-refractivity contribution in [2.75, 3.05) is 13.7 Å². The molecule has 0 aromatic heterocycles. The fraction of sp³-hybridized carbons (Fsp3) is 0.583. The lowest BCUT2D eigenvalue weighted by atomic mass is 9.88. The molecule has 220 valence electrons. The Morgan fingerprint density at radius 1 is 1.03 bits per heavy atom. The molecule has 0 bridgehead atoms. The molecule has 0 saturated heterocycles. The SMILES string of the molecule is CC(C)(C)[C@H](N)C(=O)O.COC(=O)CN.C[C@@H](OC(C)(C)C)[C@H](N)C(=O)O.O=Cc1cc(Cl)cc(Cl)c1O. The number of aliphatic carboxylic acids is 2. The molecule has 38 heavy (non-hydrogen) atoms. The second-order valence-electron chi connectivity index (χ2n) is 9.70. The van der Waals surface area contributed by atoms with Crippen LogP contribution in [0.1, 0.15) is 58.8 Å². The molecule has 0 aliphatic heterocycles. The molecule has 0 spiro atoms. The van der Waals surface area contributed by atoms with Gasteiger partial charge < -0.3 is 42.0 Å². The van der Waals surface area contributed by atoms with Crippen LogP contribution in [0.4, 0.5) is 0 Å². The zero-order valence-corrected chi connectivity index (χ0v) is 24.5. The van der Waals surface area contributed by atoms with Crippen molar-refractivity contribution in [3.05, 3.63) is 27.7 Å². The van der Waals surface area contributed by atoms with Gasteiger partial charge >= 0.3 is 17.9 Å². The number of hydrogen-bond donors (Lipinski definition) is 6. The Bertz CT molecular complexity index is 895. The van der Waals surface area contributed by atoms with Gasteiger partial charge in [0.05, 0.1) is 35.9 Å². The third-order valence-electron chi connectivity index (χ3n) is 4.11. The number of aldehydes is 1. The first-order chi connectivity index (χ1) is 17.0. The highest BCUT2D eigenvalue weighted by Crippen LogP contribution is 2.29. The number of carbonyl (C=O) groups excluding carboxylic acids is 2. The molecule has 1 aromatic rings. The van der Waals surface area contributed by atoms with Crippen LogP contribution in [0.25, 0.3) is 0 Å². The largest absolute Gasteiger partial charge is 0.506 e. The quantitative estimate of drug-likeness (QED) is 0.209. The van der Waals surface area contributed by atoms with E-state index in [1.54, 1.807) is 27.7 Å². The number of phenols is 1. The van der Waals surface area contributed by atoms with Crippen molar-refractivity contribution < 1.29 is 44.0 Å². The van der Waals surface area contributed by atoms with Gasteiger partial charge in [-0.1, -0.05) is 44.0 Å². The van der Waals surface area contributed by atoms with Crippen LogP contribution in [0.5, 0.6) is 5.75 Å². The smallest absolute Gasteiger partial charge is 0.323 e. The van der Waals surface area contributed by atoms with Crippen LogP contribution < -0.4 is 17.2 Å². The average Bonchev–Trinajstić information content (AvgIpc) is 2.79. The number of carbonyl (C=O) groups is 4. The number of aromatic hydroxyl groups is 1. The first kappa shape index (κ1) is 40.0. The zero-order valence-electron chi connectivity index (χ0n) is 23.0. The van der Waals surface area contributed by atoms with Crippen molar-refractivity contribution in [2.45, 2.75) is 72.3 Å². The second kappa shape index (κ2) is 18.7. The molecule has 14 heteroatoms. The Morgan fingerprint density at radius 3 is 1.74 bits per heavy atom. The third-order valence-corrected chi connectivity index (χ3v) is 4.61. The Kier molecular flexibility index (Phi) is 19.7. The van der Waals surface area contributed by atoms with E-state index in [1.165, 1.54) is 19.2 Å². The number of rotatable bonds is 6. The summed E-state index contributed by atoms with van der Waals surface area (Å²) >= 11 is 11.1. The molecule has 9 N–H and O–H groups in total. The minimum absolute atomic E-state index is 0.0312. The van der Waals surface area contributed by atoms with Crippen LogP contribution >= 0.6 is 23.2 Å². The van der Waals surface area contributed by atoms with Crippen molar-refractivity contribution in [1.29, 1.82) is 0 Å². The van der Waals surface area contributed by atoms with Gasteiger partial charge in [-0.25, -0.2) is 0 Å². The first-order valence-electron chi connectivity index (χ1n) is 11.1. The summed E-state index contributed by atoms with van der Waals surface area (Å²) in [5.41, 5.74) is 14.8. The molecule has 0 aliphatic rings. The van der Waals surface area contributed by atoms with Gasteiger partial charge in [0.2, 0.25) is 0 Å². The number of carboxylic acids is 2. The number of halogens is 2. The van der Waals surface area contributed by atoms with Gasteiger partial charge in [0.15, 0.2) is 6.29 Å². The number of hydrogen-bond acceptors (Lipinski definition) is 10. The number of phenolic OH excluding ortho intramolecular Hbond substituents is 1. The van der Waals surface area contributed by atoms with Gasteiger partial charge in [-0.2, -0.15) is 0 Å². The van der Waals surface area contributed by atoms with Gasteiger partial charge in [0.25, 0.3) is 0 Å². The highest BCUT2D eigenvalue weighted by atomic mass is 35.5. The monoisotopic (exact) mass is 585 g/mol. The van der Waals surface area contributed by atoms with Crippen molar-refractivity contribution in [3.63, 3.8) is 0 Å². The lowest BCUT2D eigenvalue weighted by Crippen LogP contribution is -2.44. The van der Waals surface area contributed by atoms with E-state index in [0.29, 0.717) is 11.3 Å². The number of methoxy groups -OCH3 is 1. The molecule has 0 heterocycles. The van der Waals surface area contributed by atoms with E-state index in [-0.39, 0.29) is 39.9 Å². The molecule has 3 atom stereocenters. The molecule has 1 rings (SSSR count). The maximum Gasteiger partial charge on any atom is 0.323 e. The minimum atomic E-state index is -1.04. The summed E-state index contributed by atoms with van der Waals surface area (Å²) in [4.78, 5) is 40.7. The fourth-order valence-corrected chi connectivity index (χ4v) is 2.47. The molecule has 0 radical (unpaired) electrons. The molecule has 1 aromatic carbocycles. The van der Waals surface area contributed by atoms with E-state index < -0.39 is 30.1 Å².